The van der Waals surface area contributed by atoms with Crippen LogP contribution in [0.2, 0.25) is 0 Å². The van der Waals surface area contributed by atoms with E-state index >= 15 is 0 Å². The topological polar surface area (TPSA) is 132 Å². The maximum absolute atomic E-state index is 13.1. The number of halogens is 3. The van der Waals surface area contributed by atoms with Crippen molar-refractivity contribution in [3.63, 3.8) is 0 Å². The van der Waals surface area contributed by atoms with Crippen LogP contribution >= 0.6 is 0 Å². The number of sulfone groups is 1. The molecule has 0 saturated heterocycles. The summed E-state index contributed by atoms with van der Waals surface area (Å²) in [5, 5.41) is 12.9. The van der Waals surface area contributed by atoms with Crippen LogP contribution in [0.1, 0.15) is 23.0 Å². The predicted octanol–water partition coefficient (Wildman–Crippen LogP) is 2.19. The molecule has 4 aromatic rings. The van der Waals surface area contributed by atoms with Gasteiger partial charge in [0.2, 0.25) is 0 Å². The fourth-order valence-electron chi connectivity index (χ4n) is 3.09. The summed E-state index contributed by atoms with van der Waals surface area (Å²) in [7, 11) is -2.54. The van der Waals surface area contributed by atoms with E-state index in [1.165, 1.54) is 18.5 Å². The first kappa shape index (κ1) is 20.7. The van der Waals surface area contributed by atoms with Gasteiger partial charge >= 0.3 is 12.1 Å². The second kappa shape index (κ2) is 6.73. The summed E-state index contributed by atoms with van der Waals surface area (Å²) >= 11 is 0. The number of aromatic nitrogens is 6. The molecule has 4 aromatic heterocycles. The van der Waals surface area contributed by atoms with E-state index in [0.29, 0.717) is 6.20 Å². The molecule has 162 valence electrons. The number of carbonyl (C=O) groups is 1. The molecule has 0 atom stereocenters. The molecule has 0 radical (unpaired) electrons. The highest BCUT2D eigenvalue weighted by Crippen LogP contribution is 2.34. The Labute approximate surface area is 171 Å². The summed E-state index contributed by atoms with van der Waals surface area (Å²) in [6.07, 6.45) is -2.83. The summed E-state index contributed by atoms with van der Waals surface area (Å²) in [4.78, 5) is 23.6. The van der Waals surface area contributed by atoms with Gasteiger partial charge in [0.15, 0.2) is 31.9 Å². The molecule has 1 N–H and O–H groups in total. The monoisotopic (exact) mass is 454 g/mol. The molecule has 0 spiro atoms. The van der Waals surface area contributed by atoms with Crippen molar-refractivity contribution in [2.24, 2.45) is 7.05 Å². The second-order valence-electron chi connectivity index (χ2n) is 6.51. The van der Waals surface area contributed by atoms with Crippen LogP contribution in [0, 0.1) is 0 Å². The Morgan fingerprint density at radius 2 is 1.94 bits per heavy atom. The zero-order valence-electron chi connectivity index (χ0n) is 15.9. The number of hydrogen-bond acceptors (Lipinski definition) is 7. The fourth-order valence-corrected chi connectivity index (χ4v) is 4.07. The lowest BCUT2D eigenvalue weighted by Crippen LogP contribution is -2.09. The normalized spacial score (nSPS) is 12.7. The molecular weight excluding hydrogens is 441 g/mol. The standard InChI is InChI=1S/C17H13F3N6O4S/c1-3-31(29,30)15-11(13-21-5-4-10(16(27)28)26(13)24-15)14-23-9-6-8(17(18,19)20)7-22-12(9)25(14)2/h4-7H,3H2,1-2H3,(H,27,28). The van der Waals surface area contributed by atoms with Gasteiger partial charge < -0.3 is 9.67 Å². The molecule has 14 heteroatoms. The molecular formula is C17H13F3N6O4S. The van der Waals surface area contributed by atoms with Crippen LogP contribution in [-0.4, -0.2) is 54.4 Å². The third-order valence-electron chi connectivity index (χ3n) is 4.64. The quantitative estimate of drug-likeness (QED) is 0.496. The van der Waals surface area contributed by atoms with Crippen molar-refractivity contribution in [1.29, 1.82) is 0 Å². The van der Waals surface area contributed by atoms with Gasteiger partial charge in [-0.1, -0.05) is 6.92 Å². The lowest BCUT2D eigenvalue weighted by atomic mass is 10.2. The number of aromatic carboxylic acids is 1. The van der Waals surface area contributed by atoms with E-state index in [4.69, 9.17) is 0 Å². The lowest BCUT2D eigenvalue weighted by Gasteiger charge is -2.05. The van der Waals surface area contributed by atoms with E-state index in [0.717, 1.165) is 22.8 Å². The van der Waals surface area contributed by atoms with E-state index in [9.17, 15) is 31.5 Å². The van der Waals surface area contributed by atoms with E-state index < -0.39 is 32.6 Å². The van der Waals surface area contributed by atoms with Crippen molar-refractivity contribution in [1.82, 2.24) is 29.1 Å². The van der Waals surface area contributed by atoms with E-state index in [-0.39, 0.29) is 39.6 Å². The first-order valence-electron chi connectivity index (χ1n) is 8.69. The number of nitrogens with zero attached hydrogens (tertiary/aromatic N) is 6. The number of carboxylic acids is 1. The van der Waals surface area contributed by atoms with Gasteiger partial charge in [-0.15, -0.1) is 0 Å². The molecule has 0 bridgehead atoms. The van der Waals surface area contributed by atoms with Gasteiger partial charge in [0, 0.05) is 19.4 Å². The number of pyridine rings is 1. The lowest BCUT2D eigenvalue weighted by molar-refractivity contribution is -0.137. The molecule has 0 aliphatic carbocycles. The highest BCUT2D eigenvalue weighted by atomic mass is 32.2. The Kier molecular flexibility index (Phi) is 4.50. The first-order valence-corrected chi connectivity index (χ1v) is 10.3. The molecule has 0 fully saturated rings. The Morgan fingerprint density at radius 3 is 2.55 bits per heavy atom. The van der Waals surface area contributed by atoms with Crippen molar-refractivity contribution in [3.05, 3.63) is 35.8 Å². The van der Waals surface area contributed by atoms with Gasteiger partial charge in [-0.3, -0.25) is 0 Å². The number of hydrogen-bond donors (Lipinski definition) is 1. The summed E-state index contributed by atoms with van der Waals surface area (Å²) in [6.45, 7) is 1.38. The molecule has 0 amide bonds. The summed E-state index contributed by atoms with van der Waals surface area (Å²) < 4.78 is 66.7. The van der Waals surface area contributed by atoms with E-state index in [1.807, 2.05) is 0 Å². The van der Waals surface area contributed by atoms with Gasteiger partial charge in [0.05, 0.1) is 11.3 Å². The summed E-state index contributed by atoms with van der Waals surface area (Å²) in [5.74, 6) is -1.80. The van der Waals surface area contributed by atoms with Gasteiger partial charge in [0.1, 0.15) is 16.9 Å². The predicted molar refractivity (Wildman–Crippen MR) is 100 cm³/mol. The molecule has 0 aliphatic heterocycles. The smallest absolute Gasteiger partial charge is 0.417 e. The van der Waals surface area contributed by atoms with Crippen molar-refractivity contribution in [3.8, 4) is 11.4 Å². The summed E-state index contributed by atoms with van der Waals surface area (Å²) in [5.41, 5.74) is -1.67. The minimum atomic E-state index is -4.64. The molecule has 0 saturated carbocycles. The van der Waals surface area contributed by atoms with Crippen LogP contribution in [-0.2, 0) is 23.1 Å². The van der Waals surface area contributed by atoms with E-state index in [1.54, 1.807) is 0 Å². The molecule has 10 nitrogen and oxygen atoms in total. The Balaban J connectivity index is 2.11. The fraction of sp³-hybridized carbons (Fsp3) is 0.235. The molecule has 0 aromatic carbocycles. The molecule has 31 heavy (non-hydrogen) atoms. The first-order chi connectivity index (χ1) is 14.5. The SMILES string of the molecule is CCS(=O)(=O)c1nn2c(C(=O)O)ccnc2c1-c1nc2cc(C(F)(F)F)cnc2n1C. The van der Waals surface area contributed by atoms with Crippen molar-refractivity contribution >= 4 is 32.6 Å². The average molecular weight is 454 g/mol. The number of rotatable bonds is 4. The maximum atomic E-state index is 13.1. The highest BCUT2D eigenvalue weighted by molar-refractivity contribution is 7.91. The molecule has 0 unspecified atom stereocenters. The second-order valence-corrected chi connectivity index (χ2v) is 8.71. The highest BCUT2D eigenvalue weighted by Gasteiger charge is 2.33. The van der Waals surface area contributed by atoms with E-state index in [2.05, 4.69) is 20.1 Å². The van der Waals surface area contributed by atoms with Crippen LogP contribution in [0.3, 0.4) is 0 Å². The van der Waals surface area contributed by atoms with Crippen LogP contribution in [0.25, 0.3) is 28.2 Å². The Morgan fingerprint density at radius 1 is 1.23 bits per heavy atom. The largest absolute Gasteiger partial charge is 0.477 e. The molecule has 4 heterocycles. The maximum Gasteiger partial charge on any atom is 0.417 e. The van der Waals surface area contributed by atoms with Crippen LogP contribution in [0.5, 0.6) is 0 Å². The zero-order valence-corrected chi connectivity index (χ0v) is 16.7. The minimum Gasteiger partial charge on any atom is -0.477 e. The average Bonchev–Trinajstić information content (AvgIpc) is 3.25. The zero-order chi connectivity index (χ0) is 22.7. The van der Waals surface area contributed by atoms with Crippen LogP contribution < -0.4 is 0 Å². The van der Waals surface area contributed by atoms with Gasteiger partial charge in [-0.25, -0.2) is 32.7 Å². The number of alkyl halides is 3. The van der Waals surface area contributed by atoms with Crippen molar-refractivity contribution < 1.29 is 31.5 Å². The van der Waals surface area contributed by atoms with Crippen LogP contribution in [0.15, 0.2) is 29.6 Å². The van der Waals surface area contributed by atoms with Gasteiger partial charge in [-0.05, 0) is 12.1 Å². The van der Waals surface area contributed by atoms with Crippen LogP contribution in [0.4, 0.5) is 13.2 Å². The molecule has 0 aliphatic rings. The minimum absolute atomic E-state index is 0.0663. The van der Waals surface area contributed by atoms with Gasteiger partial charge in [0.25, 0.3) is 0 Å². The van der Waals surface area contributed by atoms with Crippen molar-refractivity contribution in [2.75, 3.05) is 5.75 Å². The number of fused-ring (bicyclic) bond motifs is 2. The third-order valence-corrected chi connectivity index (χ3v) is 6.28. The number of carboxylic acid groups (broad SMARTS) is 1. The number of imidazole rings is 1. The van der Waals surface area contributed by atoms with Gasteiger partial charge in [-0.2, -0.15) is 18.3 Å². The van der Waals surface area contributed by atoms with Crippen molar-refractivity contribution in [2.45, 2.75) is 18.1 Å². The Bertz CT molecular complexity index is 1470. The summed E-state index contributed by atoms with van der Waals surface area (Å²) in [6, 6.07) is 1.93. The molecule has 4 rings (SSSR count). The Hall–Kier alpha value is -3.55. The number of aryl methyl sites for hydroxylation is 1. The third kappa shape index (κ3) is 3.19.